The number of allylic oxidation sites excluding steroid dienone is 2. The summed E-state index contributed by atoms with van der Waals surface area (Å²) in [6.07, 6.45) is 7.52. The molecule has 0 spiro atoms. The molecule has 0 bridgehead atoms. The van der Waals surface area contributed by atoms with Crippen LogP contribution < -0.4 is 5.32 Å². The molecule has 4 aliphatic heterocycles. The Hall–Kier alpha value is -3.48. The van der Waals surface area contributed by atoms with Crippen molar-refractivity contribution in [1.29, 1.82) is 0 Å². The van der Waals surface area contributed by atoms with Crippen molar-refractivity contribution in [2.24, 2.45) is 17.8 Å². The third-order valence-electron chi connectivity index (χ3n) is 10.5. The van der Waals surface area contributed by atoms with Crippen molar-refractivity contribution in [2.45, 2.75) is 69.6 Å². The van der Waals surface area contributed by atoms with Gasteiger partial charge in [-0.05, 0) is 61.4 Å². The Morgan fingerprint density at radius 2 is 1.98 bits per heavy atom. The van der Waals surface area contributed by atoms with E-state index in [4.69, 9.17) is 4.74 Å². The fraction of sp³-hybridized carbons (Fsp3) is 0.514. The normalized spacial score (nSPS) is 25.8. The molecular weight excluding hydrogens is 624 g/mol. The Bertz CT molecular complexity index is 1570. The minimum absolute atomic E-state index is 0.00336. The van der Waals surface area contributed by atoms with Crippen molar-refractivity contribution in [3.63, 3.8) is 0 Å². The van der Waals surface area contributed by atoms with Crippen LogP contribution >= 0.6 is 11.8 Å². The van der Waals surface area contributed by atoms with Crippen molar-refractivity contribution >= 4 is 23.6 Å². The number of nitrogens with one attached hydrogen (secondary N) is 1. The first-order valence-electron chi connectivity index (χ1n) is 16.5. The van der Waals surface area contributed by atoms with E-state index in [2.05, 4.69) is 27.3 Å². The molecule has 5 heterocycles. The lowest BCUT2D eigenvalue weighted by atomic mass is 9.78. The number of aliphatic hydroxyl groups is 1. The summed E-state index contributed by atoms with van der Waals surface area (Å²) in [6.45, 7) is 5.77. The maximum Gasteiger partial charge on any atom is 0.260 e. The molecule has 2 fully saturated rings. The lowest BCUT2D eigenvalue weighted by Crippen LogP contribution is -2.45. The first-order valence-corrected chi connectivity index (χ1v) is 17.5. The minimum Gasteiger partial charge on any atom is -0.468 e. The van der Waals surface area contributed by atoms with Gasteiger partial charge in [-0.2, -0.15) is 0 Å². The molecule has 2 amide bonds. The van der Waals surface area contributed by atoms with Crippen LogP contribution in [0, 0.1) is 17.8 Å². The highest BCUT2D eigenvalue weighted by Crippen LogP contribution is 2.45. The molecular formula is C35H41F2N5O4S. The number of ether oxygens (including phenoxy) is 1. The minimum atomic E-state index is -2.73. The van der Waals surface area contributed by atoms with Crippen LogP contribution in [0.5, 0.6) is 0 Å². The van der Waals surface area contributed by atoms with Gasteiger partial charge in [0.25, 0.3) is 12.3 Å². The summed E-state index contributed by atoms with van der Waals surface area (Å²) in [5, 5.41) is 14.0. The van der Waals surface area contributed by atoms with Gasteiger partial charge < -0.3 is 24.6 Å². The third kappa shape index (κ3) is 6.39. The largest absolute Gasteiger partial charge is 0.468 e. The van der Waals surface area contributed by atoms with E-state index < -0.39 is 35.8 Å². The number of benzene rings is 1. The van der Waals surface area contributed by atoms with E-state index in [0.29, 0.717) is 17.2 Å². The quantitative estimate of drug-likeness (QED) is 0.379. The second kappa shape index (κ2) is 13.6. The fourth-order valence-corrected chi connectivity index (χ4v) is 8.28. The molecule has 5 aliphatic rings. The highest BCUT2D eigenvalue weighted by atomic mass is 32.2. The number of aliphatic hydroxyl groups excluding tert-OH is 1. The van der Waals surface area contributed by atoms with Crippen LogP contribution in [0.2, 0.25) is 0 Å². The average Bonchev–Trinajstić information content (AvgIpc) is 3.89. The van der Waals surface area contributed by atoms with E-state index in [1.165, 1.54) is 28.5 Å². The molecule has 1 aliphatic carbocycles. The zero-order valence-corrected chi connectivity index (χ0v) is 27.3. The van der Waals surface area contributed by atoms with E-state index in [0.717, 1.165) is 63.1 Å². The van der Waals surface area contributed by atoms with Crippen LogP contribution in [-0.2, 0) is 33.8 Å². The molecule has 2 N–H and O–H groups in total. The lowest BCUT2D eigenvalue weighted by Gasteiger charge is -2.31. The number of nitrogens with zero attached hydrogens (tertiary/aromatic N) is 4. The smallest absolute Gasteiger partial charge is 0.260 e. The second-order valence-electron chi connectivity index (χ2n) is 13.3. The van der Waals surface area contributed by atoms with Gasteiger partial charge in [-0.1, -0.05) is 55.1 Å². The highest BCUT2D eigenvalue weighted by molar-refractivity contribution is 8.02. The maximum atomic E-state index is 14.7. The number of hydrogen-bond acceptors (Lipinski definition) is 7. The number of amides is 2. The average molecular weight is 666 g/mol. The first kappa shape index (κ1) is 32.1. The Kier molecular flexibility index (Phi) is 9.26. The Morgan fingerprint density at radius 3 is 2.68 bits per heavy atom. The van der Waals surface area contributed by atoms with Gasteiger partial charge in [-0.25, -0.2) is 13.8 Å². The number of halogens is 2. The summed E-state index contributed by atoms with van der Waals surface area (Å²) in [5.74, 6) is -2.14. The van der Waals surface area contributed by atoms with Gasteiger partial charge in [0, 0.05) is 54.8 Å². The van der Waals surface area contributed by atoms with Crippen LogP contribution in [0.3, 0.4) is 0 Å². The van der Waals surface area contributed by atoms with E-state index in [9.17, 15) is 23.5 Å². The van der Waals surface area contributed by atoms with E-state index in [1.54, 1.807) is 17.8 Å². The van der Waals surface area contributed by atoms with E-state index >= 15 is 0 Å². The topological polar surface area (TPSA) is 99.9 Å². The van der Waals surface area contributed by atoms with Gasteiger partial charge in [0.1, 0.15) is 0 Å². The molecule has 2 aromatic rings. The van der Waals surface area contributed by atoms with Gasteiger partial charge in [0.15, 0.2) is 6.04 Å². The molecule has 12 heteroatoms. The second-order valence-corrected chi connectivity index (χ2v) is 14.2. The van der Waals surface area contributed by atoms with Crippen LogP contribution in [-0.4, -0.2) is 74.5 Å². The molecule has 2 saturated heterocycles. The number of piperidine rings is 1. The molecule has 47 heavy (non-hydrogen) atoms. The molecule has 7 rings (SSSR count). The highest BCUT2D eigenvalue weighted by Gasteiger charge is 2.50. The summed E-state index contributed by atoms with van der Waals surface area (Å²) in [4.78, 5) is 36.4. The van der Waals surface area contributed by atoms with Crippen molar-refractivity contribution in [3.8, 4) is 0 Å². The molecule has 5 atom stereocenters. The van der Waals surface area contributed by atoms with Crippen molar-refractivity contribution in [2.75, 3.05) is 26.2 Å². The zero-order chi connectivity index (χ0) is 32.7. The molecule has 250 valence electrons. The number of carbonyl (C=O) groups is 2. The Labute approximate surface area is 277 Å². The summed E-state index contributed by atoms with van der Waals surface area (Å²) >= 11 is 1.30. The maximum absolute atomic E-state index is 14.7. The molecule has 1 aromatic heterocycles. The number of alkyl halides is 2. The molecule has 5 unspecified atom stereocenters. The van der Waals surface area contributed by atoms with Crippen molar-refractivity contribution in [1.82, 2.24) is 24.7 Å². The van der Waals surface area contributed by atoms with Crippen LogP contribution in [0.4, 0.5) is 8.78 Å². The Morgan fingerprint density at radius 1 is 1.19 bits per heavy atom. The van der Waals surface area contributed by atoms with Crippen LogP contribution in [0.15, 0.2) is 65.6 Å². The van der Waals surface area contributed by atoms with Gasteiger partial charge >= 0.3 is 0 Å². The monoisotopic (exact) mass is 665 g/mol. The van der Waals surface area contributed by atoms with Gasteiger partial charge in [-0.3, -0.25) is 14.5 Å². The molecule has 0 radical (unpaired) electrons. The van der Waals surface area contributed by atoms with Gasteiger partial charge in [0.2, 0.25) is 11.5 Å². The zero-order valence-electron chi connectivity index (χ0n) is 26.4. The SMILES string of the molecule is CC(C1=CC2C(=O)N(C(C(=O)NC3OC=CS3)c3ncn4c3CCC4)CC2C(C(F)F)=C1)c1ccc(CN2CCC(CO)CC2)cc1. The first-order chi connectivity index (χ1) is 22.8. The summed E-state index contributed by atoms with van der Waals surface area (Å²) in [6, 6.07) is 7.21. The number of aryl methyl sites for hydroxylation is 1. The third-order valence-corrected chi connectivity index (χ3v) is 11.2. The van der Waals surface area contributed by atoms with E-state index in [1.807, 2.05) is 29.7 Å². The van der Waals surface area contributed by atoms with Crippen molar-refractivity contribution < 1.29 is 28.2 Å². The number of carbonyl (C=O) groups excluding carboxylic acids is 2. The number of thioether (sulfide) groups is 1. The Balaban J connectivity index is 1.12. The standard InChI is InChI=1S/C35H41F2N5O4S/c1-21(24-6-4-22(5-7-24)17-40-11-8-23(19-43)9-12-40)25-15-26(32(36)37)28-18-42(34(45)27(28)16-25)31(33(44)39-35-46-13-14-47-35)30-29-3-2-10-41(29)20-38-30/h4-7,13-16,20-21,23,27-28,31-32,35,43H,2-3,8-12,17-19H2,1H3,(H,39,44). The molecule has 9 nitrogen and oxygen atoms in total. The fourth-order valence-electron chi connectivity index (χ4n) is 7.70. The van der Waals surface area contributed by atoms with Crippen molar-refractivity contribution in [3.05, 3.63) is 88.1 Å². The molecule has 1 aromatic carbocycles. The number of imidazole rings is 1. The number of fused-ring (bicyclic) bond motifs is 2. The number of aromatic nitrogens is 2. The molecule has 0 saturated carbocycles. The number of likely N-dealkylation sites (tertiary alicyclic amines) is 2. The predicted octanol–water partition coefficient (Wildman–Crippen LogP) is 4.72. The van der Waals surface area contributed by atoms with E-state index in [-0.39, 0.29) is 30.5 Å². The van der Waals surface area contributed by atoms with Gasteiger partial charge in [-0.15, -0.1) is 0 Å². The van der Waals surface area contributed by atoms with Crippen LogP contribution in [0.1, 0.15) is 60.7 Å². The number of rotatable bonds is 10. The summed E-state index contributed by atoms with van der Waals surface area (Å²) < 4.78 is 36.8. The summed E-state index contributed by atoms with van der Waals surface area (Å²) in [5.41, 5.74) is 3.55. The number of hydrogen-bond donors (Lipinski definition) is 2. The predicted molar refractivity (Wildman–Crippen MR) is 174 cm³/mol. The summed E-state index contributed by atoms with van der Waals surface area (Å²) in [7, 11) is 0. The van der Waals surface area contributed by atoms with Gasteiger partial charge in [0.05, 0.1) is 24.2 Å². The van der Waals surface area contributed by atoms with Crippen LogP contribution in [0.25, 0.3) is 0 Å². The lowest BCUT2D eigenvalue weighted by molar-refractivity contribution is -0.139.